The molecule has 0 saturated carbocycles. The average molecular weight is 373 g/mol. The second-order valence-electron chi connectivity index (χ2n) is 6.05. The molecule has 3 rings (SSSR count). The summed E-state index contributed by atoms with van der Waals surface area (Å²) >= 11 is 0. The molecule has 2 aromatic rings. The molecule has 0 amide bonds. The van der Waals surface area contributed by atoms with Crippen molar-refractivity contribution in [2.24, 2.45) is 11.7 Å². The Hall–Kier alpha value is -1.41. The van der Waals surface area contributed by atoms with E-state index in [2.05, 4.69) is 0 Å². The van der Waals surface area contributed by atoms with E-state index in [-0.39, 0.29) is 23.3 Å². The first kappa shape index (κ1) is 18.9. The van der Waals surface area contributed by atoms with Crippen LogP contribution in [0.4, 0.5) is 0 Å². The molecule has 1 aliphatic heterocycles. The molecule has 1 saturated heterocycles. The summed E-state index contributed by atoms with van der Waals surface area (Å²) in [4.78, 5) is 11.4. The fourth-order valence-electron chi connectivity index (χ4n) is 3.00. The van der Waals surface area contributed by atoms with Gasteiger partial charge in [0.05, 0.1) is 4.90 Å². The number of nitrogens with zero attached hydrogens (tertiary/aromatic N) is 1. The Bertz CT molecular complexity index is 871. The number of rotatable bonds is 3. The van der Waals surface area contributed by atoms with Crippen molar-refractivity contribution in [1.82, 2.24) is 4.31 Å². The van der Waals surface area contributed by atoms with Crippen molar-refractivity contribution in [2.45, 2.75) is 30.7 Å². The fourth-order valence-corrected chi connectivity index (χ4v) is 4.51. The third-order valence-corrected chi connectivity index (χ3v) is 6.37. The molecule has 8 heteroatoms. The highest BCUT2D eigenvalue weighted by molar-refractivity contribution is 7.89. The first-order valence-corrected chi connectivity index (χ1v) is 9.11. The van der Waals surface area contributed by atoms with Crippen LogP contribution in [0.25, 0.3) is 11.0 Å². The van der Waals surface area contributed by atoms with Crippen molar-refractivity contribution < 1.29 is 12.8 Å². The van der Waals surface area contributed by atoms with Crippen molar-refractivity contribution >= 4 is 33.4 Å². The minimum atomic E-state index is -3.54. The number of halogens is 1. The lowest BCUT2D eigenvalue weighted by Gasteiger charge is -2.32. The molecule has 0 aliphatic carbocycles. The maximum absolute atomic E-state index is 12.8. The zero-order chi connectivity index (χ0) is 16.6. The van der Waals surface area contributed by atoms with Crippen LogP contribution in [0.3, 0.4) is 0 Å². The Kier molecular flexibility index (Phi) is 5.70. The zero-order valence-corrected chi connectivity index (χ0v) is 15.0. The van der Waals surface area contributed by atoms with Gasteiger partial charge in [0.15, 0.2) is 0 Å². The number of fused-ring (bicyclic) bond motifs is 1. The number of hydrogen-bond acceptors (Lipinski definition) is 5. The van der Waals surface area contributed by atoms with Crippen LogP contribution in [0.2, 0.25) is 0 Å². The minimum Gasteiger partial charge on any atom is -0.423 e. The van der Waals surface area contributed by atoms with Gasteiger partial charge >= 0.3 is 5.63 Å². The Morgan fingerprint density at radius 1 is 1.21 bits per heavy atom. The summed E-state index contributed by atoms with van der Waals surface area (Å²) < 4.78 is 32.1. The highest BCUT2D eigenvalue weighted by atomic mass is 35.5. The summed E-state index contributed by atoms with van der Waals surface area (Å²) in [6.45, 7) is 2.93. The van der Waals surface area contributed by atoms with E-state index in [0.29, 0.717) is 30.0 Å². The van der Waals surface area contributed by atoms with Gasteiger partial charge in [-0.15, -0.1) is 12.4 Å². The van der Waals surface area contributed by atoms with Crippen molar-refractivity contribution in [3.8, 4) is 0 Å². The second kappa shape index (κ2) is 7.23. The maximum Gasteiger partial charge on any atom is 0.336 e. The number of sulfonamides is 1. The smallest absolute Gasteiger partial charge is 0.336 e. The van der Waals surface area contributed by atoms with Crippen LogP contribution in [0.1, 0.15) is 19.8 Å². The van der Waals surface area contributed by atoms with Gasteiger partial charge in [-0.3, -0.25) is 0 Å². The van der Waals surface area contributed by atoms with Crippen LogP contribution in [-0.4, -0.2) is 31.9 Å². The van der Waals surface area contributed by atoms with Gasteiger partial charge < -0.3 is 10.2 Å². The Morgan fingerprint density at radius 3 is 2.50 bits per heavy atom. The molecule has 1 unspecified atom stereocenters. The number of nitrogens with two attached hydrogens (primary N) is 1. The lowest BCUT2D eigenvalue weighted by molar-refractivity contribution is 0.251. The van der Waals surface area contributed by atoms with E-state index >= 15 is 0 Å². The number of benzene rings is 1. The molecule has 2 heterocycles. The molecule has 1 aromatic heterocycles. The molecular weight excluding hydrogens is 352 g/mol. The SMILES string of the molecule is CC(N)C1CCN(S(=O)(=O)c2ccc3oc(=O)ccc3c2)CC1.Cl. The second-order valence-corrected chi connectivity index (χ2v) is 7.99. The zero-order valence-electron chi connectivity index (χ0n) is 13.3. The average Bonchev–Trinajstić information content (AvgIpc) is 2.54. The summed E-state index contributed by atoms with van der Waals surface area (Å²) in [5.74, 6) is 0.368. The van der Waals surface area contributed by atoms with Crippen molar-refractivity contribution in [3.05, 3.63) is 40.8 Å². The largest absolute Gasteiger partial charge is 0.423 e. The summed E-state index contributed by atoms with van der Waals surface area (Å²) in [5, 5.41) is 0.594. The van der Waals surface area contributed by atoms with E-state index < -0.39 is 15.6 Å². The Morgan fingerprint density at radius 2 is 1.88 bits per heavy atom. The monoisotopic (exact) mass is 372 g/mol. The number of hydrogen-bond donors (Lipinski definition) is 1. The molecule has 0 bridgehead atoms. The molecule has 1 aliphatic rings. The molecule has 0 spiro atoms. The maximum atomic E-state index is 12.8. The van der Waals surface area contributed by atoms with Gasteiger partial charge in [0, 0.05) is 30.6 Å². The normalized spacial score (nSPS) is 18.2. The summed E-state index contributed by atoms with van der Waals surface area (Å²) in [5.41, 5.74) is 5.83. The Balaban J connectivity index is 0.00000208. The highest BCUT2D eigenvalue weighted by Gasteiger charge is 2.30. The predicted molar refractivity (Wildman–Crippen MR) is 94.9 cm³/mol. The quantitative estimate of drug-likeness (QED) is 0.831. The molecule has 2 N–H and O–H groups in total. The standard InChI is InChI=1S/C16H20N2O4S.ClH/c1-11(17)12-6-8-18(9-7-12)23(20,21)14-3-4-15-13(10-14)2-5-16(19)22-15;/h2-5,10-12H,6-9,17H2,1H3;1H. The van der Waals surface area contributed by atoms with Gasteiger partial charge in [0.1, 0.15) is 5.58 Å². The third-order valence-electron chi connectivity index (χ3n) is 4.47. The summed E-state index contributed by atoms with van der Waals surface area (Å²) in [7, 11) is -3.54. The van der Waals surface area contributed by atoms with Crippen molar-refractivity contribution in [3.63, 3.8) is 0 Å². The van der Waals surface area contributed by atoms with Gasteiger partial charge in [-0.2, -0.15) is 4.31 Å². The molecule has 132 valence electrons. The van der Waals surface area contributed by atoms with Crippen LogP contribution in [0.15, 0.2) is 44.4 Å². The van der Waals surface area contributed by atoms with Crippen LogP contribution in [0, 0.1) is 5.92 Å². The van der Waals surface area contributed by atoms with Crippen LogP contribution in [0.5, 0.6) is 0 Å². The summed E-state index contributed by atoms with van der Waals surface area (Å²) in [6.07, 6.45) is 1.55. The Labute approximate surface area is 147 Å². The predicted octanol–water partition coefficient (Wildman–Crippen LogP) is 1.96. The van der Waals surface area contributed by atoms with Gasteiger partial charge in [-0.25, -0.2) is 13.2 Å². The first-order chi connectivity index (χ1) is 10.9. The molecule has 6 nitrogen and oxygen atoms in total. The highest BCUT2D eigenvalue weighted by Crippen LogP contribution is 2.26. The van der Waals surface area contributed by atoms with Gasteiger partial charge in [0.2, 0.25) is 10.0 Å². The van der Waals surface area contributed by atoms with Crippen LogP contribution in [-0.2, 0) is 10.0 Å². The molecule has 0 radical (unpaired) electrons. The number of piperidine rings is 1. The van der Waals surface area contributed by atoms with Gasteiger partial charge in [-0.05, 0) is 49.9 Å². The van der Waals surface area contributed by atoms with E-state index in [1.807, 2.05) is 6.92 Å². The third kappa shape index (κ3) is 3.64. The van der Waals surface area contributed by atoms with E-state index in [4.69, 9.17) is 10.2 Å². The van der Waals surface area contributed by atoms with E-state index in [1.165, 1.54) is 22.5 Å². The minimum absolute atomic E-state index is 0. The van der Waals surface area contributed by atoms with E-state index in [1.54, 1.807) is 12.1 Å². The molecule has 1 atom stereocenters. The molecule has 1 aromatic carbocycles. The summed E-state index contributed by atoms with van der Waals surface area (Å²) in [6, 6.07) is 7.50. The van der Waals surface area contributed by atoms with Crippen LogP contribution < -0.4 is 11.4 Å². The molecule has 24 heavy (non-hydrogen) atoms. The van der Waals surface area contributed by atoms with Crippen molar-refractivity contribution in [1.29, 1.82) is 0 Å². The van der Waals surface area contributed by atoms with Gasteiger partial charge in [0.25, 0.3) is 0 Å². The van der Waals surface area contributed by atoms with Crippen LogP contribution >= 0.6 is 12.4 Å². The van der Waals surface area contributed by atoms with Crippen molar-refractivity contribution in [2.75, 3.05) is 13.1 Å². The lowest BCUT2D eigenvalue weighted by Crippen LogP contribution is -2.42. The molecular formula is C16H21ClN2O4S. The topological polar surface area (TPSA) is 93.6 Å². The lowest BCUT2D eigenvalue weighted by atomic mass is 9.92. The van der Waals surface area contributed by atoms with E-state index in [9.17, 15) is 13.2 Å². The fraction of sp³-hybridized carbons (Fsp3) is 0.438. The van der Waals surface area contributed by atoms with E-state index in [0.717, 1.165) is 12.8 Å². The van der Waals surface area contributed by atoms with Gasteiger partial charge in [-0.1, -0.05) is 0 Å². The first-order valence-electron chi connectivity index (χ1n) is 7.67. The molecule has 1 fully saturated rings.